The predicted molar refractivity (Wildman–Crippen MR) is 147 cm³/mol. The van der Waals surface area contributed by atoms with Crippen molar-refractivity contribution in [1.82, 2.24) is 10.2 Å². The van der Waals surface area contributed by atoms with Crippen LogP contribution in [-0.4, -0.2) is 50.0 Å². The molecule has 0 unspecified atom stereocenters. The molecular weight excluding hydrogens is 542 g/mol. The fraction of sp³-hybridized carbons (Fsp3) is 0.481. The van der Waals surface area contributed by atoms with Gasteiger partial charge in [0, 0.05) is 17.1 Å². The van der Waals surface area contributed by atoms with Gasteiger partial charge in [0.1, 0.15) is 12.6 Å². The number of rotatable bonds is 10. The number of para-hydroxylation sites is 1. The molecule has 2 aromatic carbocycles. The first-order valence-corrected chi connectivity index (χ1v) is 15.1. The first-order chi connectivity index (χ1) is 17.1. The van der Waals surface area contributed by atoms with E-state index in [0.717, 1.165) is 47.4 Å². The van der Waals surface area contributed by atoms with Gasteiger partial charge >= 0.3 is 0 Å². The Kier molecular flexibility index (Phi) is 9.96. The molecule has 36 heavy (non-hydrogen) atoms. The molecule has 1 saturated carbocycles. The van der Waals surface area contributed by atoms with Gasteiger partial charge in [-0.1, -0.05) is 68.1 Å². The number of hydrogen-bond donors (Lipinski definition) is 1. The fourth-order valence-corrected chi connectivity index (χ4v) is 6.20. The number of carbonyl (C=O) groups is 2. The third kappa shape index (κ3) is 7.56. The average Bonchev–Trinajstić information content (AvgIpc) is 2.83. The number of hydrogen-bond acceptors (Lipinski definition) is 4. The minimum atomic E-state index is -3.77. The number of nitrogens with one attached hydrogen (secondary N) is 1. The summed E-state index contributed by atoms with van der Waals surface area (Å²) in [6.45, 7) is 3.66. The molecule has 1 aliphatic rings. The van der Waals surface area contributed by atoms with Crippen LogP contribution in [-0.2, 0) is 26.2 Å². The Bertz CT molecular complexity index is 1170. The summed E-state index contributed by atoms with van der Waals surface area (Å²) >= 11 is 3.40. The fourth-order valence-electron chi connectivity index (χ4n) is 4.72. The molecule has 0 aliphatic heterocycles. The number of sulfonamides is 1. The summed E-state index contributed by atoms with van der Waals surface area (Å²) in [6, 6.07) is 14.1. The van der Waals surface area contributed by atoms with E-state index >= 15 is 0 Å². The highest BCUT2D eigenvalue weighted by Gasteiger charge is 2.33. The maximum atomic E-state index is 13.8. The minimum Gasteiger partial charge on any atom is -0.352 e. The lowest BCUT2D eigenvalue weighted by atomic mass is 9.95. The Morgan fingerprint density at radius 2 is 1.78 bits per heavy atom. The number of benzene rings is 2. The maximum Gasteiger partial charge on any atom is 0.244 e. The molecule has 1 N–H and O–H groups in total. The van der Waals surface area contributed by atoms with Gasteiger partial charge in [0.2, 0.25) is 21.8 Å². The predicted octanol–water partition coefficient (Wildman–Crippen LogP) is 4.78. The first kappa shape index (κ1) is 28.2. The highest BCUT2D eigenvalue weighted by molar-refractivity contribution is 9.10. The number of nitrogens with zero attached hydrogens (tertiary/aromatic N) is 2. The van der Waals surface area contributed by atoms with Crippen LogP contribution < -0.4 is 9.62 Å². The second-order valence-corrected chi connectivity index (χ2v) is 12.3. The molecular formula is C27H36BrN3O4S. The molecule has 2 aromatic rings. The summed E-state index contributed by atoms with van der Waals surface area (Å²) in [4.78, 5) is 28.7. The monoisotopic (exact) mass is 577 g/mol. The number of aryl methyl sites for hydroxylation is 1. The third-order valence-electron chi connectivity index (χ3n) is 6.57. The van der Waals surface area contributed by atoms with Crippen molar-refractivity contribution in [2.24, 2.45) is 0 Å². The Morgan fingerprint density at radius 1 is 1.08 bits per heavy atom. The quantitative estimate of drug-likeness (QED) is 0.440. The lowest BCUT2D eigenvalue weighted by molar-refractivity contribution is -0.140. The van der Waals surface area contributed by atoms with Crippen LogP contribution in [0.3, 0.4) is 0 Å². The van der Waals surface area contributed by atoms with E-state index < -0.39 is 28.5 Å². The van der Waals surface area contributed by atoms with Gasteiger partial charge in [-0.15, -0.1) is 0 Å². The molecule has 9 heteroatoms. The van der Waals surface area contributed by atoms with Gasteiger partial charge in [-0.05, 0) is 59.8 Å². The molecule has 0 saturated heterocycles. The van der Waals surface area contributed by atoms with Gasteiger partial charge < -0.3 is 10.2 Å². The van der Waals surface area contributed by atoms with Crippen molar-refractivity contribution in [1.29, 1.82) is 0 Å². The van der Waals surface area contributed by atoms with E-state index in [9.17, 15) is 18.0 Å². The molecule has 7 nitrogen and oxygen atoms in total. The summed E-state index contributed by atoms with van der Waals surface area (Å²) in [5.41, 5.74) is 2.31. The van der Waals surface area contributed by atoms with E-state index in [1.165, 1.54) is 11.3 Å². The zero-order valence-electron chi connectivity index (χ0n) is 21.2. The largest absolute Gasteiger partial charge is 0.352 e. The van der Waals surface area contributed by atoms with Gasteiger partial charge in [0.05, 0.1) is 11.9 Å². The van der Waals surface area contributed by atoms with Crippen molar-refractivity contribution < 1.29 is 18.0 Å². The molecule has 0 heterocycles. The lowest BCUT2D eigenvalue weighted by Crippen LogP contribution is -2.54. The molecule has 1 fully saturated rings. The number of carbonyl (C=O) groups excluding carboxylic acids is 2. The van der Waals surface area contributed by atoms with Crippen molar-refractivity contribution >= 4 is 43.5 Å². The summed E-state index contributed by atoms with van der Waals surface area (Å²) in [6.07, 6.45) is 6.74. The van der Waals surface area contributed by atoms with E-state index in [2.05, 4.69) is 21.2 Å². The lowest BCUT2D eigenvalue weighted by Gasteiger charge is -2.34. The second kappa shape index (κ2) is 12.7. The Labute approximate surface area is 223 Å². The Balaban J connectivity index is 1.92. The molecule has 3 rings (SSSR count). The zero-order chi connectivity index (χ0) is 26.3. The average molecular weight is 579 g/mol. The van der Waals surface area contributed by atoms with Crippen LogP contribution in [0.25, 0.3) is 0 Å². The molecule has 1 atom stereocenters. The topological polar surface area (TPSA) is 86.8 Å². The first-order valence-electron chi connectivity index (χ1n) is 12.5. The van der Waals surface area contributed by atoms with E-state index in [1.54, 1.807) is 24.3 Å². The molecule has 0 radical (unpaired) electrons. The van der Waals surface area contributed by atoms with Crippen LogP contribution in [0.1, 0.15) is 56.6 Å². The number of amides is 2. The highest BCUT2D eigenvalue weighted by Crippen LogP contribution is 2.28. The minimum absolute atomic E-state index is 0.115. The van der Waals surface area contributed by atoms with Gasteiger partial charge in [-0.3, -0.25) is 13.9 Å². The van der Waals surface area contributed by atoms with Gasteiger partial charge in [-0.2, -0.15) is 0 Å². The van der Waals surface area contributed by atoms with Crippen molar-refractivity contribution in [2.75, 3.05) is 17.1 Å². The van der Waals surface area contributed by atoms with E-state index in [1.807, 2.05) is 38.1 Å². The second-order valence-electron chi connectivity index (χ2n) is 9.50. The van der Waals surface area contributed by atoms with Gasteiger partial charge in [-0.25, -0.2) is 8.42 Å². The number of halogens is 1. The third-order valence-corrected chi connectivity index (χ3v) is 8.37. The van der Waals surface area contributed by atoms with Crippen LogP contribution >= 0.6 is 15.9 Å². The zero-order valence-corrected chi connectivity index (χ0v) is 23.6. The molecule has 1 aliphatic carbocycles. The highest BCUT2D eigenvalue weighted by atomic mass is 79.9. The van der Waals surface area contributed by atoms with Crippen molar-refractivity contribution in [3.8, 4) is 0 Å². The summed E-state index contributed by atoms with van der Waals surface area (Å²) < 4.78 is 27.1. The van der Waals surface area contributed by atoms with Crippen molar-refractivity contribution in [3.05, 3.63) is 64.1 Å². The molecule has 0 aromatic heterocycles. The summed E-state index contributed by atoms with van der Waals surface area (Å²) in [7, 11) is -3.77. The van der Waals surface area contributed by atoms with Gasteiger partial charge in [0.15, 0.2) is 0 Å². The van der Waals surface area contributed by atoms with Crippen LogP contribution in [0, 0.1) is 6.92 Å². The van der Waals surface area contributed by atoms with Crippen LogP contribution in [0.5, 0.6) is 0 Å². The maximum absolute atomic E-state index is 13.8. The Morgan fingerprint density at radius 3 is 2.39 bits per heavy atom. The van der Waals surface area contributed by atoms with E-state index in [-0.39, 0.29) is 18.5 Å². The van der Waals surface area contributed by atoms with E-state index in [4.69, 9.17) is 0 Å². The summed E-state index contributed by atoms with van der Waals surface area (Å²) in [5, 5.41) is 3.15. The standard InChI is InChI=1S/C27H36BrN3O4S/c1-4-24(27(33)29-22-13-6-5-7-14-22)30(18-21-12-10-11-20(2)17-21)26(32)19-31(36(3,34)35)25-16-9-8-15-23(25)28/h8-12,15-17,22,24H,4-7,13-14,18-19H2,1-3H3,(H,29,33)/t24-/m1/s1. The van der Waals surface area contributed by atoms with Gasteiger partial charge in [0.25, 0.3) is 0 Å². The van der Waals surface area contributed by atoms with Crippen LogP contribution in [0.4, 0.5) is 5.69 Å². The molecule has 2 amide bonds. The molecule has 0 bridgehead atoms. The van der Waals surface area contributed by atoms with Crippen LogP contribution in [0.2, 0.25) is 0 Å². The molecule has 196 valence electrons. The van der Waals surface area contributed by atoms with Crippen molar-refractivity contribution in [2.45, 2.75) is 71.0 Å². The van der Waals surface area contributed by atoms with E-state index in [0.29, 0.717) is 16.6 Å². The normalized spacial score (nSPS) is 15.2. The smallest absolute Gasteiger partial charge is 0.244 e. The molecule has 0 spiro atoms. The Hall–Kier alpha value is -2.39. The SMILES string of the molecule is CC[C@H](C(=O)NC1CCCCC1)N(Cc1cccc(C)c1)C(=O)CN(c1ccccc1Br)S(C)(=O)=O. The van der Waals surface area contributed by atoms with Crippen molar-refractivity contribution in [3.63, 3.8) is 0 Å². The summed E-state index contributed by atoms with van der Waals surface area (Å²) in [5.74, 6) is -0.611. The number of anilines is 1. The van der Waals surface area contributed by atoms with Crippen LogP contribution in [0.15, 0.2) is 53.0 Å².